The molecule has 1 amide bonds. The Balaban J connectivity index is 2.15. The molecule has 1 heterocycles. The number of hydrogen-bond acceptors (Lipinski definition) is 4. The van der Waals surface area contributed by atoms with Crippen LogP contribution in [0.2, 0.25) is 5.02 Å². The van der Waals surface area contributed by atoms with Crippen molar-refractivity contribution < 1.29 is 13.2 Å². The van der Waals surface area contributed by atoms with E-state index in [-0.39, 0.29) is 18.2 Å². The molecular formula is C14H16ClN3O3S. The maximum atomic E-state index is 12.1. The highest BCUT2D eigenvalue weighted by atomic mass is 35.5. The lowest BCUT2D eigenvalue weighted by Gasteiger charge is -2.06. The number of rotatable bonds is 5. The van der Waals surface area contributed by atoms with E-state index in [2.05, 4.69) is 10.4 Å². The van der Waals surface area contributed by atoms with Gasteiger partial charge in [0.2, 0.25) is 0 Å². The van der Waals surface area contributed by atoms with Crippen molar-refractivity contribution in [2.45, 2.75) is 6.92 Å². The predicted octanol–water partition coefficient (Wildman–Crippen LogP) is 1.61. The summed E-state index contributed by atoms with van der Waals surface area (Å²) < 4.78 is 23.7. The fourth-order valence-corrected chi connectivity index (χ4v) is 2.60. The largest absolute Gasteiger partial charge is 0.351 e. The van der Waals surface area contributed by atoms with E-state index < -0.39 is 9.84 Å². The van der Waals surface area contributed by atoms with Crippen molar-refractivity contribution in [1.29, 1.82) is 0 Å². The van der Waals surface area contributed by atoms with E-state index in [9.17, 15) is 13.2 Å². The molecule has 8 heteroatoms. The summed E-state index contributed by atoms with van der Waals surface area (Å²) in [5, 5.41) is 7.33. The first kappa shape index (κ1) is 16.5. The molecule has 2 rings (SSSR count). The van der Waals surface area contributed by atoms with Crippen molar-refractivity contribution in [3.05, 3.63) is 46.7 Å². The fourth-order valence-electron chi connectivity index (χ4n) is 1.95. The van der Waals surface area contributed by atoms with Gasteiger partial charge in [0.25, 0.3) is 5.91 Å². The van der Waals surface area contributed by atoms with Gasteiger partial charge in [-0.15, -0.1) is 0 Å². The Bertz CT molecular complexity index is 799. The standard InChI is InChI=1S/C14H16ClN3O3S/c1-10-13(14(19)16-6-7-22(2,20)21)9-17-18(10)12-5-3-4-11(15)8-12/h3-5,8-9H,6-7H2,1-2H3,(H,16,19). The fraction of sp³-hybridized carbons (Fsp3) is 0.286. The molecule has 0 fully saturated rings. The third-order valence-electron chi connectivity index (χ3n) is 3.07. The molecule has 0 saturated carbocycles. The van der Waals surface area contributed by atoms with Crippen molar-refractivity contribution in [1.82, 2.24) is 15.1 Å². The Hall–Kier alpha value is -1.86. The summed E-state index contributed by atoms with van der Waals surface area (Å²) in [7, 11) is -3.10. The lowest BCUT2D eigenvalue weighted by molar-refractivity contribution is 0.0955. The summed E-state index contributed by atoms with van der Waals surface area (Å²) in [5.74, 6) is -0.449. The van der Waals surface area contributed by atoms with Crippen molar-refractivity contribution >= 4 is 27.3 Å². The average molecular weight is 342 g/mol. The molecule has 0 spiro atoms. The zero-order chi connectivity index (χ0) is 16.3. The number of aromatic nitrogens is 2. The highest BCUT2D eigenvalue weighted by molar-refractivity contribution is 7.90. The van der Waals surface area contributed by atoms with Crippen LogP contribution in [-0.4, -0.2) is 42.7 Å². The van der Waals surface area contributed by atoms with Gasteiger partial charge in [-0.3, -0.25) is 4.79 Å². The molecular weight excluding hydrogens is 326 g/mol. The van der Waals surface area contributed by atoms with Crippen molar-refractivity contribution in [3.8, 4) is 5.69 Å². The lowest BCUT2D eigenvalue weighted by atomic mass is 10.2. The monoisotopic (exact) mass is 341 g/mol. The first-order valence-corrected chi connectivity index (χ1v) is 8.98. The molecule has 1 N–H and O–H groups in total. The Morgan fingerprint density at radius 1 is 1.41 bits per heavy atom. The molecule has 1 aromatic heterocycles. The van der Waals surface area contributed by atoms with Crippen LogP contribution >= 0.6 is 11.6 Å². The number of amides is 1. The van der Waals surface area contributed by atoms with Crippen LogP contribution in [0.25, 0.3) is 5.69 Å². The average Bonchev–Trinajstić information content (AvgIpc) is 2.79. The maximum Gasteiger partial charge on any atom is 0.254 e. The Morgan fingerprint density at radius 2 is 2.14 bits per heavy atom. The Kier molecular flexibility index (Phi) is 4.87. The summed E-state index contributed by atoms with van der Waals surface area (Å²) in [4.78, 5) is 12.1. The molecule has 0 unspecified atom stereocenters. The molecule has 2 aromatic rings. The number of hydrogen-bond donors (Lipinski definition) is 1. The van der Waals surface area contributed by atoms with E-state index in [0.29, 0.717) is 16.3 Å². The first-order valence-electron chi connectivity index (χ1n) is 6.54. The topological polar surface area (TPSA) is 81.1 Å². The molecule has 118 valence electrons. The van der Waals surface area contributed by atoms with E-state index in [0.717, 1.165) is 11.9 Å². The van der Waals surface area contributed by atoms with Crippen LogP contribution < -0.4 is 5.32 Å². The maximum absolute atomic E-state index is 12.1. The molecule has 6 nitrogen and oxygen atoms in total. The smallest absolute Gasteiger partial charge is 0.254 e. The second-order valence-corrected chi connectivity index (χ2v) is 7.62. The predicted molar refractivity (Wildman–Crippen MR) is 85.4 cm³/mol. The molecule has 0 radical (unpaired) electrons. The third kappa shape index (κ3) is 4.08. The van der Waals surface area contributed by atoms with E-state index in [1.54, 1.807) is 29.8 Å². The van der Waals surface area contributed by atoms with Gasteiger partial charge in [-0.1, -0.05) is 17.7 Å². The molecule has 1 aromatic carbocycles. The van der Waals surface area contributed by atoms with Gasteiger partial charge < -0.3 is 5.32 Å². The number of nitrogens with zero attached hydrogens (tertiary/aromatic N) is 2. The van der Waals surface area contributed by atoms with E-state index >= 15 is 0 Å². The minimum atomic E-state index is -3.10. The molecule has 0 aliphatic carbocycles. The zero-order valence-corrected chi connectivity index (χ0v) is 13.8. The van der Waals surface area contributed by atoms with Gasteiger partial charge in [-0.05, 0) is 25.1 Å². The minimum Gasteiger partial charge on any atom is -0.351 e. The zero-order valence-electron chi connectivity index (χ0n) is 12.2. The number of halogens is 1. The Labute approximate surface area is 134 Å². The van der Waals surface area contributed by atoms with E-state index in [1.807, 2.05) is 6.07 Å². The van der Waals surface area contributed by atoms with Gasteiger partial charge in [0.15, 0.2) is 0 Å². The van der Waals surface area contributed by atoms with Crippen molar-refractivity contribution in [2.24, 2.45) is 0 Å². The first-order chi connectivity index (χ1) is 10.3. The van der Waals surface area contributed by atoms with Crippen LogP contribution in [0.3, 0.4) is 0 Å². The third-order valence-corrected chi connectivity index (χ3v) is 4.25. The van der Waals surface area contributed by atoms with Crippen molar-refractivity contribution in [3.63, 3.8) is 0 Å². The number of nitrogens with one attached hydrogen (secondary N) is 1. The molecule has 0 aliphatic heterocycles. The highest BCUT2D eigenvalue weighted by Crippen LogP contribution is 2.17. The van der Waals surface area contributed by atoms with Crippen molar-refractivity contribution in [2.75, 3.05) is 18.6 Å². The van der Waals surface area contributed by atoms with Gasteiger partial charge in [0, 0.05) is 17.8 Å². The highest BCUT2D eigenvalue weighted by Gasteiger charge is 2.15. The Morgan fingerprint density at radius 3 is 2.77 bits per heavy atom. The van der Waals surface area contributed by atoms with Gasteiger partial charge in [-0.2, -0.15) is 5.10 Å². The van der Waals surface area contributed by atoms with Gasteiger partial charge >= 0.3 is 0 Å². The van der Waals surface area contributed by atoms with Crippen LogP contribution in [0.1, 0.15) is 16.1 Å². The molecule has 0 bridgehead atoms. The SMILES string of the molecule is Cc1c(C(=O)NCCS(C)(=O)=O)cnn1-c1cccc(Cl)c1. The second kappa shape index (κ2) is 6.50. The van der Waals surface area contributed by atoms with E-state index in [4.69, 9.17) is 11.6 Å². The van der Waals surface area contributed by atoms with Crippen LogP contribution in [-0.2, 0) is 9.84 Å². The summed E-state index contributed by atoms with van der Waals surface area (Å²) in [6, 6.07) is 7.12. The van der Waals surface area contributed by atoms with Gasteiger partial charge in [0.1, 0.15) is 9.84 Å². The minimum absolute atomic E-state index is 0.0689. The van der Waals surface area contributed by atoms with Gasteiger partial charge in [-0.25, -0.2) is 13.1 Å². The summed E-state index contributed by atoms with van der Waals surface area (Å²) >= 11 is 5.95. The summed E-state index contributed by atoms with van der Waals surface area (Å²) in [6.07, 6.45) is 2.58. The second-order valence-electron chi connectivity index (χ2n) is 4.92. The summed E-state index contributed by atoms with van der Waals surface area (Å²) in [5.41, 5.74) is 1.80. The normalized spacial score (nSPS) is 11.4. The number of carbonyl (C=O) groups excluding carboxylic acids is 1. The van der Waals surface area contributed by atoms with Crippen LogP contribution in [0.15, 0.2) is 30.5 Å². The number of sulfone groups is 1. The molecule has 22 heavy (non-hydrogen) atoms. The molecule has 0 atom stereocenters. The van der Waals surface area contributed by atoms with Gasteiger partial charge in [0.05, 0.1) is 28.9 Å². The van der Waals surface area contributed by atoms with Crippen LogP contribution in [0.4, 0.5) is 0 Å². The van der Waals surface area contributed by atoms with Crippen LogP contribution in [0, 0.1) is 6.92 Å². The van der Waals surface area contributed by atoms with Crippen LogP contribution in [0.5, 0.6) is 0 Å². The number of carbonyl (C=O) groups is 1. The molecule has 0 saturated heterocycles. The lowest BCUT2D eigenvalue weighted by Crippen LogP contribution is -2.29. The van der Waals surface area contributed by atoms with E-state index in [1.165, 1.54) is 6.20 Å². The molecule has 0 aliphatic rings. The number of benzene rings is 1. The quantitative estimate of drug-likeness (QED) is 0.895. The summed E-state index contributed by atoms with van der Waals surface area (Å²) in [6.45, 7) is 1.83.